The molecule has 1 aliphatic carbocycles. The summed E-state index contributed by atoms with van der Waals surface area (Å²) in [6.07, 6.45) is 14.8. The Hall–Kier alpha value is -3.12. The molecule has 12 atom stereocenters. The van der Waals surface area contributed by atoms with Crippen molar-refractivity contribution < 1.29 is 78.1 Å². The van der Waals surface area contributed by atoms with Crippen LogP contribution in [0.2, 0.25) is 0 Å². The third kappa shape index (κ3) is 24.2. The van der Waals surface area contributed by atoms with E-state index < -0.39 is 112 Å². The number of phosphoric ester groups is 1. The Kier molecular flexibility index (Phi) is 30.6. The normalized spacial score (nSPS) is 31.6. The molecule has 2 aliphatic rings. The zero-order valence-electron chi connectivity index (χ0n) is 38.9. The van der Waals surface area contributed by atoms with Gasteiger partial charge in [0, 0.05) is 25.2 Å². The van der Waals surface area contributed by atoms with Gasteiger partial charge in [-0.05, 0) is 70.6 Å². The van der Waals surface area contributed by atoms with Gasteiger partial charge in [0.2, 0.25) is 0 Å². The molecule has 1 heterocycles. The first kappa shape index (κ1) is 59.0. The molecule has 1 aliphatic heterocycles. The highest BCUT2D eigenvalue weighted by molar-refractivity contribution is 7.47. The van der Waals surface area contributed by atoms with E-state index in [2.05, 4.69) is 37.3 Å². The number of phosphoric acid groups is 1. The number of fused-ring (bicyclic) bond motifs is 4. The van der Waals surface area contributed by atoms with Gasteiger partial charge in [-0.3, -0.25) is 23.4 Å². The van der Waals surface area contributed by atoms with Crippen LogP contribution in [0.5, 0.6) is 0 Å². The van der Waals surface area contributed by atoms with Gasteiger partial charge >= 0.3 is 19.8 Å². The molecule has 8 N–H and O–H groups in total. The maximum Gasteiger partial charge on any atom is 0.472 e. The Labute approximate surface area is 391 Å². The van der Waals surface area contributed by atoms with E-state index in [0.29, 0.717) is 38.5 Å². The van der Waals surface area contributed by atoms with Crippen LogP contribution in [-0.4, -0.2) is 127 Å². The number of hydrogen-bond donors (Lipinski definition) is 8. The van der Waals surface area contributed by atoms with Gasteiger partial charge in [-0.25, -0.2) is 4.57 Å². The molecular weight excluding hydrogens is 875 g/mol. The standard InChI is InChI=1S/C49H79O16P/c1-3-5-7-8-9-10-11-12-13-14-15-16-17-18-19-20-26-30-43(54)64-37-34-62-42(53)29-25-22-21-24-28-38-40(51)33-41(52)39(32-31-36(50)27-23-6-4-2)45(56)47(58)49(48(59)46(57)44(38)55)65-66(60,61)63-35-37/h9-10,12-13,15-16,18-19,21,24,31-32,36-40,44-51,55-59H,3-8,11,14,17,20,22-23,25-30,33-35H2,1-2H3,(H,60,61)/b10-9-,13-12-,16-15-,19-18-,24-21-,32-31+/t36-,37+,38-,39-,40-,44+,45+,46-,47+,48+,49+/m0/s1. The van der Waals surface area contributed by atoms with E-state index >= 15 is 0 Å². The van der Waals surface area contributed by atoms with Gasteiger partial charge in [0.25, 0.3) is 0 Å². The Morgan fingerprint density at radius 3 is 2.05 bits per heavy atom. The van der Waals surface area contributed by atoms with Crippen LogP contribution in [0.15, 0.2) is 72.9 Å². The van der Waals surface area contributed by atoms with E-state index in [4.69, 9.17) is 18.5 Å². The van der Waals surface area contributed by atoms with E-state index in [1.165, 1.54) is 31.4 Å². The number of esters is 2. The molecule has 1 unspecified atom stereocenters. The molecule has 376 valence electrons. The lowest BCUT2D eigenvalue weighted by Crippen LogP contribution is -2.55. The van der Waals surface area contributed by atoms with Crippen molar-refractivity contribution in [3.05, 3.63) is 72.9 Å². The average molecular weight is 955 g/mol. The van der Waals surface area contributed by atoms with Crippen molar-refractivity contribution in [3.8, 4) is 0 Å². The number of aliphatic hydroxyl groups excluding tert-OH is 7. The fourth-order valence-electron chi connectivity index (χ4n) is 7.40. The predicted octanol–water partition coefficient (Wildman–Crippen LogP) is 6.09. The minimum atomic E-state index is -5.48. The lowest BCUT2D eigenvalue weighted by Gasteiger charge is -2.36. The molecule has 0 radical (unpaired) electrons. The van der Waals surface area contributed by atoms with Crippen molar-refractivity contribution in [1.29, 1.82) is 0 Å². The number of rotatable bonds is 21. The minimum absolute atomic E-state index is 0.0551. The number of unbranched alkanes of at least 4 members (excludes halogenated alkanes) is 6. The summed E-state index contributed by atoms with van der Waals surface area (Å²) in [5, 5.41) is 78.5. The minimum Gasteiger partial charge on any atom is -0.462 e. The Morgan fingerprint density at radius 1 is 0.788 bits per heavy atom. The van der Waals surface area contributed by atoms with Crippen LogP contribution in [0.25, 0.3) is 0 Å². The zero-order chi connectivity index (χ0) is 48.7. The third-order valence-electron chi connectivity index (χ3n) is 11.4. The lowest BCUT2D eigenvalue weighted by molar-refractivity contribution is -0.166. The highest BCUT2D eigenvalue weighted by atomic mass is 31.2. The maximum atomic E-state index is 13.7. The number of allylic oxidation sites excluding steroid dienone is 10. The fourth-order valence-corrected chi connectivity index (χ4v) is 8.37. The molecule has 2 bridgehead atoms. The van der Waals surface area contributed by atoms with Gasteiger partial charge < -0.3 is 50.1 Å². The maximum absolute atomic E-state index is 13.7. The second kappa shape index (κ2) is 34.2. The molecule has 0 aromatic heterocycles. The van der Waals surface area contributed by atoms with Gasteiger partial charge in [-0.1, -0.05) is 119 Å². The molecule has 2 rings (SSSR count). The molecular formula is C49H79O16P. The summed E-state index contributed by atoms with van der Waals surface area (Å²) in [6, 6.07) is 0. The predicted molar refractivity (Wildman–Crippen MR) is 249 cm³/mol. The summed E-state index contributed by atoms with van der Waals surface area (Å²) in [7, 11) is -5.48. The Morgan fingerprint density at radius 2 is 1.39 bits per heavy atom. The van der Waals surface area contributed by atoms with Crippen molar-refractivity contribution in [2.45, 2.75) is 191 Å². The molecule has 0 spiro atoms. The van der Waals surface area contributed by atoms with Crippen LogP contribution in [0, 0.1) is 11.8 Å². The van der Waals surface area contributed by atoms with Gasteiger partial charge in [-0.15, -0.1) is 0 Å². The lowest BCUT2D eigenvalue weighted by atomic mass is 9.83. The van der Waals surface area contributed by atoms with Gasteiger partial charge in [0.1, 0.15) is 36.8 Å². The number of ether oxygens (including phenoxy) is 2. The smallest absolute Gasteiger partial charge is 0.462 e. The summed E-state index contributed by atoms with van der Waals surface area (Å²) in [5.74, 6) is -5.26. The molecule has 17 heteroatoms. The molecule has 0 aromatic carbocycles. The SMILES string of the molecule is CCCCC/C=C\C/C=C\C/C=C\C/C=C\CCCC(=O)O[C@@H]1COC(=O)CCC/C=C\C[C@@H]2[C@@H](O)[C@H](O)[C@@H](O)[C@H](OP(=O)(O)OC1)[C@H](O)[C@H](O)[C@@H](/C=C/[C@@H](O)CCCCC)C(=O)C[C@@H]2O. The van der Waals surface area contributed by atoms with Crippen molar-refractivity contribution in [1.82, 2.24) is 0 Å². The topological polar surface area (TPSA) is 267 Å². The first-order valence-electron chi connectivity index (χ1n) is 23.8. The number of ketones is 1. The first-order chi connectivity index (χ1) is 31.6. The second-order valence-electron chi connectivity index (χ2n) is 17.0. The number of Topliss-reactive ketones (excluding diaryl/α,β-unsaturated/α-hetero) is 1. The third-order valence-corrected chi connectivity index (χ3v) is 12.4. The number of aliphatic hydroxyl groups is 7. The second-order valence-corrected chi connectivity index (χ2v) is 18.4. The van der Waals surface area contributed by atoms with Crippen LogP contribution in [0.1, 0.15) is 136 Å². The van der Waals surface area contributed by atoms with Crippen molar-refractivity contribution in [2.24, 2.45) is 11.8 Å². The summed E-state index contributed by atoms with van der Waals surface area (Å²) in [6.45, 7) is 2.70. The average Bonchev–Trinajstić information content (AvgIpc) is 3.28. The fraction of sp³-hybridized carbons (Fsp3) is 0.694. The van der Waals surface area contributed by atoms with Gasteiger partial charge in [0.05, 0.1) is 36.9 Å². The zero-order valence-corrected chi connectivity index (χ0v) is 39.8. The van der Waals surface area contributed by atoms with E-state index in [0.717, 1.165) is 44.6 Å². The molecule has 1 saturated carbocycles. The summed E-state index contributed by atoms with van der Waals surface area (Å²) >= 11 is 0. The van der Waals surface area contributed by atoms with Crippen molar-refractivity contribution >= 4 is 25.5 Å². The van der Waals surface area contributed by atoms with E-state index in [1.54, 1.807) is 6.08 Å². The Bertz CT molecular complexity index is 1610. The number of hydrogen-bond acceptors (Lipinski definition) is 15. The van der Waals surface area contributed by atoms with E-state index in [9.17, 15) is 59.6 Å². The summed E-state index contributed by atoms with van der Waals surface area (Å²) in [4.78, 5) is 50.1. The molecule has 1 fully saturated rings. The number of cyclic esters (lactones) is 1. The van der Waals surface area contributed by atoms with E-state index in [-0.39, 0.29) is 19.3 Å². The first-order valence-corrected chi connectivity index (χ1v) is 25.3. The number of carbonyl (C=O) groups is 3. The van der Waals surface area contributed by atoms with Gasteiger partial charge in [0.15, 0.2) is 6.10 Å². The molecule has 16 nitrogen and oxygen atoms in total. The number of carbonyl (C=O) groups excluding carboxylic acids is 3. The van der Waals surface area contributed by atoms with Crippen LogP contribution >= 0.6 is 7.82 Å². The van der Waals surface area contributed by atoms with Crippen molar-refractivity contribution in [2.75, 3.05) is 13.2 Å². The summed E-state index contributed by atoms with van der Waals surface area (Å²) in [5.41, 5.74) is 0. The van der Waals surface area contributed by atoms with Gasteiger partial charge in [-0.2, -0.15) is 0 Å². The monoisotopic (exact) mass is 955 g/mol. The quantitative estimate of drug-likeness (QED) is 0.0280. The highest BCUT2D eigenvalue weighted by Gasteiger charge is 2.49. The van der Waals surface area contributed by atoms with Crippen LogP contribution < -0.4 is 0 Å². The highest BCUT2D eigenvalue weighted by Crippen LogP contribution is 2.47. The van der Waals surface area contributed by atoms with Crippen LogP contribution in [0.4, 0.5) is 0 Å². The molecule has 0 amide bonds. The van der Waals surface area contributed by atoms with Crippen LogP contribution in [-0.2, 0) is 37.5 Å². The molecule has 66 heavy (non-hydrogen) atoms. The Balaban J connectivity index is 2.21. The molecule has 0 saturated heterocycles. The molecule has 0 aromatic rings. The van der Waals surface area contributed by atoms with Crippen molar-refractivity contribution in [3.63, 3.8) is 0 Å². The van der Waals surface area contributed by atoms with Crippen LogP contribution in [0.3, 0.4) is 0 Å². The summed E-state index contributed by atoms with van der Waals surface area (Å²) < 4.78 is 34.6. The largest absolute Gasteiger partial charge is 0.472 e. The van der Waals surface area contributed by atoms with E-state index in [1.807, 2.05) is 25.2 Å².